The van der Waals surface area contributed by atoms with Gasteiger partial charge in [-0.15, -0.1) is 0 Å². The summed E-state index contributed by atoms with van der Waals surface area (Å²) in [5, 5.41) is -1.19. The lowest BCUT2D eigenvalue weighted by atomic mass is 9.76. The minimum absolute atomic E-state index is 0.234. The molecular formula is C22H24O4S. The topological polar surface area (TPSA) is 63.6 Å². The Morgan fingerprint density at radius 3 is 2.41 bits per heavy atom. The number of hydrogen-bond acceptors (Lipinski definition) is 3. The zero-order valence-electron chi connectivity index (χ0n) is 15.5. The van der Waals surface area contributed by atoms with Crippen LogP contribution in [0.5, 0.6) is 0 Å². The summed E-state index contributed by atoms with van der Waals surface area (Å²) < 4.78 is 39.2. The monoisotopic (exact) mass is 384 g/mol. The molecule has 142 valence electrons. The van der Waals surface area contributed by atoms with E-state index in [-0.39, 0.29) is 12.4 Å². The first kappa shape index (κ1) is 19.4. The SMILES string of the molecule is CCc1ccccc1C1(C)C=CC(S(=O)(=O)O)C(OCc2ccccc2)=C1. The van der Waals surface area contributed by atoms with Crippen molar-refractivity contribution >= 4 is 10.1 Å². The summed E-state index contributed by atoms with van der Waals surface area (Å²) in [7, 11) is -4.31. The molecule has 0 amide bonds. The van der Waals surface area contributed by atoms with Gasteiger partial charge in [-0.05, 0) is 36.1 Å². The molecule has 0 saturated heterocycles. The molecule has 2 atom stereocenters. The lowest BCUT2D eigenvalue weighted by molar-refractivity contribution is 0.189. The van der Waals surface area contributed by atoms with E-state index >= 15 is 0 Å². The molecule has 2 unspecified atom stereocenters. The fourth-order valence-corrected chi connectivity index (χ4v) is 4.15. The van der Waals surface area contributed by atoms with Crippen LogP contribution in [0.2, 0.25) is 0 Å². The molecule has 0 aromatic heterocycles. The first-order chi connectivity index (χ1) is 12.8. The van der Waals surface area contributed by atoms with Crippen LogP contribution >= 0.6 is 0 Å². The van der Waals surface area contributed by atoms with Gasteiger partial charge >= 0.3 is 0 Å². The summed E-state index contributed by atoms with van der Waals surface area (Å²) in [6.45, 7) is 4.34. The van der Waals surface area contributed by atoms with Crippen molar-refractivity contribution in [1.29, 1.82) is 0 Å². The first-order valence-electron chi connectivity index (χ1n) is 8.97. The maximum Gasteiger partial charge on any atom is 0.278 e. The van der Waals surface area contributed by atoms with Gasteiger partial charge in [0.1, 0.15) is 12.4 Å². The molecule has 0 aliphatic heterocycles. The van der Waals surface area contributed by atoms with Crippen molar-refractivity contribution in [2.75, 3.05) is 0 Å². The Labute approximate surface area is 160 Å². The average Bonchev–Trinajstić information content (AvgIpc) is 2.66. The van der Waals surface area contributed by atoms with Gasteiger partial charge in [0.15, 0.2) is 5.25 Å². The summed E-state index contributed by atoms with van der Waals surface area (Å²) in [5.74, 6) is 0.247. The van der Waals surface area contributed by atoms with Crippen LogP contribution in [0.1, 0.15) is 30.5 Å². The number of ether oxygens (including phenoxy) is 1. The Balaban J connectivity index is 1.98. The van der Waals surface area contributed by atoms with Gasteiger partial charge in [-0.1, -0.05) is 73.7 Å². The molecule has 1 N–H and O–H groups in total. The van der Waals surface area contributed by atoms with Crippen LogP contribution in [0.25, 0.3) is 0 Å². The van der Waals surface area contributed by atoms with Gasteiger partial charge in [0.2, 0.25) is 0 Å². The molecule has 2 aromatic rings. The molecule has 0 radical (unpaired) electrons. The maximum absolute atomic E-state index is 11.9. The van der Waals surface area contributed by atoms with Crippen LogP contribution in [0.15, 0.2) is 78.6 Å². The van der Waals surface area contributed by atoms with Crippen molar-refractivity contribution in [3.8, 4) is 0 Å². The molecule has 0 fully saturated rings. The zero-order chi connectivity index (χ0) is 19.5. The van der Waals surface area contributed by atoms with Gasteiger partial charge in [0.25, 0.3) is 10.1 Å². The lowest BCUT2D eigenvalue weighted by Gasteiger charge is -2.31. The molecule has 27 heavy (non-hydrogen) atoms. The number of rotatable bonds is 6. The Bertz CT molecular complexity index is 961. The van der Waals surface area contributed by atoms with Crippen LogP contribution < -0.4 is 0 Å². The zero-order valence-corrected chi connectivity index (χ0v) is 16.3. The number of allylic oxidation sites excluding steroid dienone is 2. The average molecular weight is 384 g/mol. The van der Waals surface area contributed by atoms with Gasteiger partial charge in [-0.3, -0.25) is 4.55 Å². The summed E-state index contributed by atoms with van der Waals surface area (Å²) >= 11 is 0. The Hall–Kier alpha value is -2.37. The standard InChI is InChI=1S/C22H24O4S/c1-3-18-11-7-8-12-19(18)22(2)14-13-21(27(23,24)25)20(15-22)26-16-17-9-5-4-6-10-17/h4-15,21H,3,16H2,1-2H3,(H,23,24,25). The third kappa shape index (κ3) is 4.31. The van der Waals surface area contributed by atoms with E-state index in [4.69, 9.17) is 4.74 Å². The minimum Gasteiger partial charge on any atom is -0.492 e. The molecule has 0 heterocycles. The van der Waals surface area contributed by atoms with Gasteiger partial charge in [-0.25, -0.2) is 0 Å². The molecule has 0 saturated carbocycles. The molecule has 1 aliphatic rings. The highest BCUT2D eigenvalue weighted by molar-refractivity contribution is 7.86. The molecular weight excluding hydrogens is 360 g/mol. The summed E-state index contributed by atoms with van der Waals surface area (Å²) in [6.07, 6.45) is 6.02. The highest BCUT2D eigenvalue weighted by Gasteiger charge is 2.35. The van der Waals surface area contributed by atoms with Crippen LogP contribution in [0.4, 0.5) is 0 Å². The van der Waals surface area contributed by atoms with Gasteiger partial charge in [-0.2, -0.15) is 8.42 Å². The Morgan fingerprint density at radius 2 is 1.74 bits per heavy atom. The number of benzene rings is 2. The third-order valence-electron chi connectivity index (χ3n) is 4.89. The lowest BCUT2D eigenvalue weighted by Crippen LogP contribution is -2.31. The first-order valence-corrected chi connectivity index (χ1v) is 10.5. The fourth-order valence-electron chi connectivity index (χ4n) is 3.44. The smallest absolute Gasteiger partial charge is 0.278 e. The quantitative estimate of drug-likeness (QED) is 0.591. The molecule has 5 heteroatoms. The van der Waals surface area contributed by atoms with Gasteiger partial charge in [0.05, 0.1) is 0 Å². The number of hydrogen-bond donors (Lipinski definition) is 1. The van der Waals surface area contributed by atoms with Crippen molar-refractivity contribution in [1.82, 2.24) is 0 Å². The predicted octanol–water partition coefficient (Wildman–Crippen LogP) is 4.43. The van der Waals surface area contributed by atoms with E-state index in [1.807, 2.05) is 67.6 Å². The molecule has 0 bridgehead atoms. The van der Waals surface area contributed by atoms with E-state index in [0.29, 0.717) is 0 Å². The van der Waals surface area contributed by atoms with E-state index < -0.39 is 20.8 Å². The molecule has 3 rings (SSSR count). The molecule has 4 nitrogen and oxygen atoms in total. The largest absolute Gasteiger partial charge is 0.492 e. The van der Waals surface area contributed by atoms with Crippen LogP contribution in [-0.4, -0.2) is 18.2 Å². The highest BCUT2D eigenvalue weighted by atomic mass is 32.2. The third-order valence-corrected chi connectivity index (χ3v) is 5.92. The van der Waals surface area contributed by atoms with E-state index in [2.05, 4.69) is 13.0 Å². The minimum atomic E-state index is -4.31. The number of aryl methyl sites for hydroxylation is 1. The molecule has 0 spiro atoms. The fraction of sp³-hybridized carbons (Fsp3) is 0.273. The van der Waals surface area contributed by atoms with E-state index in [1.165, 1.54) is 11.6 Å². The van der Waals surface area contributed by atoms with Crippen LogP contribution in [0, 0.1) is 0 Å². The maximum atomic E-state index is 11.9. The summed E-state index contributed by atoms with van der Waals surface area (Å²) in [6, 6.07) is 17.6. The van der Waals surface area contributed by atoms with Crippen molar-refractivity contribution in [2.24, 2.45) is 0 Å². The molecule has 2 aromatic carbocycles. The van der Waals surface area contributed by atoms with Crippen molar-refractivity contribution in [2.45, 2.75) is 37.5 Å². The Kier molecular flexibility index (Phi) is 5.53. The van der Waals surface area contributed by atoms with Gasteiger partial charge in [0, 0.05) is 5.41 Å². The summed E-state index contributed by atoms with van der Waals surface area (Å²) in [5.41, 5.74) is 2.70. The van der Waals surface area contributed by atoms with Crippen molar-refractivity contribution in [3.05, 3.63) is 95.3 Å². The Morgan fingerprint density at radius 1 is 1.07 bits per heavy atom. The second-order valence-corrected chi connectivity index (χ2v) is 8.45. The van der Waals surface area contributed by atoms with Crippen LogP contribution in [0.3, 0.4) is 0 Å². The second kappa shape index (κ2) is 7.71. The van der Waals surface area contributed by atoms with Gasteiger partial charge < -0.3 is 4.74 Å². The molecule has 1 aliphatic carbocycles. The van der Waals surface area contributed by atoms with E-state index in [1.54, 1.807) is 0 Å². The van der Waals surface area contributed by atoms with E-state index in [9.17, 15) is 13.0 Å². The second-order valence-electron chi connectivity index (χ2n) is 6.91. The van der Waals surface area contributed by atoms with E-state index in [0.717, 1.165) is 17.5 Å². The summed E-state index contributed by atoms with van der Waals surface area (Å²) in [4.78, 5) is 0. The van der Waals surface area contributed by atoms with Crippen molar-refractivity contribution in [3.63, 3.8) is 0 Å². The highest BCUT2D eigenvalue weighted by Crippen LogP contribution is 2.37. The normalized spacial score (nSPS) is 22.3. The van der Waals surface area contributed by atoms with Crippen molar-refractivity contribution < 1.29 is 17.7 Å². The van der Waals surface area contributed by atoms with Crippen LogP contribution in [-0.2, 0) is 33.3 Å². The predicted molar refractivity (Wildman–Crippen MR) is 107 cm³/mol.